The van der Waals surface area contributed by atoms with Gasteiger partial charge in [-0.2, -0.15) is 5.10 Å². The molecule has 3 rings (SSSR count). The van der Waals surface area contributed by atoms with Crippen LogP contribution in [0.1, 0.15) is 11.3 Å². The van der Waals surface area contributed by atoms with Gasteiger partial charge in [0.05, 0.1) is 25.0 Å². The fourth-order valence-corrected chi connectivity index (χ4v) is 2.69. The van der Waals surface area contributed by atoms with Gasteiger partial charge in [0.15, 0.2) is 5.11 Å². The highest BCUT2D eigenvalue weighted by atomic mass is 32.1. The quantitative estimate of drug-likeness (QED) is 0.491. The van der Waals surface area contributed by atoms with E-state index in [2.05, 4.69) is 10.0 Å². The number of nitrogens with zero attached hydrogens (tertiary/aromatic N) is 3. The summed E-state index contributed by atoms with van der Waals surface area (Å²) in [4.78, 5) is 2.28. The van der Waals surface area contributed by atoms with E-state index in [0.29, 0.717) is 17.1 Å². The molecule has 0 atom stereocenters. The smallest absolute Gasteiger partial charge is 0.186 e. The molecule has 0 spiro atoms. The lowest BCUT2D eigenvalue weighted by Crippen LogP contribution is -2.35. The molecule has 26 heavy (non-hydrogen) atoms. The number of hydrogen-bond acceptors (Lipinski definition) is 5. The molecule has 1 aromatic heterocycles. The Morgan fingerprint density at radius 1 is 1.35 bits per heavy atom. The number of benzene rings is 1. The van der Waals surface area contributed by atoms with E-state index in [4.69, 9.17) is 27.1 Å². The van der Waals surface area contributed by atoms with Gasteiger partial charge >= 0.3 is 0 Å². The van der Waals surface area contributed by atoms with E-state index in [1.54, 1.807) is 25.2 Å². The molecule has 0 amide bonds. The maximum atomic E-state index is 14.3. The van der Waals surface area contributed by atoms with Gasteiger partial charge in [0.25, 0.3) is 0 Å². The maximum Gasteiger partial charge on any atom is 0.186 e. The van der Waals surface area contributed by atoms with Gasteiger partial charge in [-0.25, -0.2) is 9.40 Å². The average molecular weight is 376 g/mol. The van der Waals surface area contributed by atoms with E-state index in [0.717, 1.165) is 38.4 Å². The number of halogens is 1. The summed E-state index contributed by atoms with van der Waals surface area (Å²) in [6, 6.07) is 8.55. The Morgan fingerprint density at radius 3 is 2.85 bits per heavy atom. The topological polar surface area (TPSA) is 67.2 Å². The van der Waals surface area contributed by atoms with Crippen molar-refractivity contribution in [2.45, 2.75) is 6.54 Å². The van der Waals surface area contributed by atoms with Crippen LogP contribution < -0.4 is 5.73 Å². The Balaban J connectivity index is 1.76. The predicted molar refractivity (Wildman–Crippen MR) is 102 cm³/mol. The Labute approximate surface area is 157 Å². The van der Waals surface area contributed by atoms with Crippen molar-refractivity contribution in [3.05, 3.63) is 47.5 Å². The van der Waals surface area contributed by atoms with Crippen LogP contribution in [0.5, 0.6) is 0 Å². The molecular formula is C18H21FN4O2S. The third-order valence-corrected chi connectivity index (χ3v) is 4.37. The first-order valence-corrected chi connectivity index (χ1v) is 8.69. The van der Waals surface area contributed by atoms with Crippen LogP contribution in [-0.4, -0.2) is 54.6 Å². The summed E-state index contributed by atoms with van der Waals surface area (Å²) in [6.07, 6.45) is 1.48. The summed E-state index contributed by atoms with van der Waals surface area (Å²) in [5, 5.41) is 5.55. The monoisotopic (exact) mass is 376 g/mol. The number of morpholine rings is 1. The first-order chi connectivity index (χ1) is 12.5. The summed E-state index contributed by atoms with van der Waals surface area (Å²) in [5.41, 5.74) is 6.92. The summed E-state index contributed by atoms with van der Waals surface area (Å²) < 4.78 is 25.3. The molecule has 1 aliphatic heterocycles. The van der Waals surface area contributed by atoms with Crippen LogP contribution in [0.15, 0.2) is 39.9 Å². The van der Waals surface area contributed by atoms with Crippen molar-refractivity contribution < 1.29 is 13.5 Å². The molecule has 0 unspecified atom stereocenters. The normalized spacial score (nSPS) is 15.5. The van der Waals surface area contributed by atoms with Gasteiger partial charge in [0.2, 0.25) is 0 Å². The highest BCUT2D eigenvalue weighted by Crippen LogP contribution is 2.26. The lowest BCUT2D eigenvalue weighted by atomic mass is 10.1. The Bertz CT molecular complexity index is 802. The fourth-order valence-electron chi connectivity index (χ4n) is 2.64. The zero-order chi connectivity index (χ0) is 18.5. The Hall–Kier alpha value is -2.29. The second-order valence-corrected chi connectivity index (χ2v) is 6.43. The summed E-state index contributed by atoms with van der Waals surface area (Å²) in [5.74, 6) is 0.612. The third-order valence-electron chi connectivity index (χ3n) is 4.11. The van der Waals surface area contributed by atoms with E-state index in [1.165, 1.54) is 17.3 Å². The molecule has 0 bridgehead atoms. The van der Waals surface area contributed by atoms with Gasteiger partial charge in [-0.1, -0.05) is 6.07 Å². The molecule has 8 heteroatoms. The highest BCUT2D eigenvalue weighted by Gasteiger charge is 2.14. The molecule has 138 valence electrons. The van der Waals surface area contributed by atoms with Crippen LogP contribution in [0.4, 0.5) is 4.39 Å². The van der Waals surface area contributed by atoms with Gasteiger partial charge in [-0.15, -0.1) is 0 Å². The van der Waals surface area contributed by atoms with Crippen molar-refractivity contribution in [1.29, 1.82) is 0 Å². The van der Waals surface area contributed by atoms with E-state index < -0.39 is 0 Å². The molecule has 1 saturated heterocycles. The molecule has 1 fully saturated rings. The van der Waals surface area contributed by atoms with Crippen LogP contribution >= 0.6 is 12.2 Å². The number of hydrazone groups is 1. The number of hydrogen-bond donors (Lipinski definition) is 1. The summed E-state index contributed by atoms with van der Waals surface area (Å²) in [7, 11) is 1.64. The fraction of sp³-hybridized carbons (Fsp3) is 0.333. The zero-order valence-electron chi connectivity index (χ0n) is 14.5. The minimum atomic E-state index is -0.325. The maximum absolute atomic E-state index is 14.3. The molecular weight excluding hydrogens is 355 g/mol. The van der Waals surface area contributed by atoms with Gasteiger partial charge in [0, 0.05) is 26.7 Å². The van der Waals surface area contributed by atoms with Crippen molar-refractivity contribution in [3.63, 3.8) is 0 Å². The van der Waals surface area contributed by atoms with E-state index in [9.17, 15) is 4.39 Å². The van der Waals surface area contributed by atoms with Gasteiger partial charge in [0.1, 0.15) is 17.3 Å². The zero-order valence-corrected chi connectivity index (χ0v) is 15.3. The second kappa shape index (κ2) is 8.39. The molecule has 0 saturated carbocycles. The Kier molecular flexibility index (Phi) is 5.97. The number of nitrogens with two attached hydrogens (primary N) is 1. The minimum Gasteiger partial charge on any atom is -0.455 e. The van der Waals surface area contributed by atoms with Crippen molar-refractivity contribution in [2.24, 2.45) is 10.8 Å². The molecule has 2 N–H and O–H groups in total. The SMILES string of the molecule is CN(N=Cc1ccc(-c2cc(CN3CCOCC3)ccc2F)o1)C(N)=S. The minimum absolute atomic E-state index is 0.148. The van der Waals surface area contributed by atoms with E-state index in [-0.39, 0.29) is 10.9 Å². The lowest BCUT2D eigenvalue weighted by molar-refractivity contribution is 0.0342. The van der Waals surface area contributed by atoms with E-state index >= 15 is 0 Å². The molecule has 1 aliphatic rings. The van der Waals surface area contributed by atoms with Crippen LogP contribution in [0, 0.1) is 5.82 Å². The average Bonchev–Trinajstić information content (AvgIpc) is 3.11. The predicted octanol–water partition coefficient (Wildman–Crippen LogP) is 2.43. The van der Waals surface area contributed by atoms with Crippen molar-refractivity contribution in [1.82, 2.24) is 9.91 Å². The van der Waals surface area contributed by atoms with Crippen molar-refractivity contribution in [3.8, 4) is 11.3 Å². The van der Waals surface area contributed by atoms with Crippen LogP contribution in [0.25, 0.3) is 11.3 Å². The third kappa shape index (κ3) is 4.66. The number of rotatable bonds is 5. The van der Waals surface area contributed by atoms with Gasteiger partial charge in [-0.3, -0.25) is 4.90 Å². The van der Waals surface area contributed by atoms with Crippen LogP contribution in [-0.2, 0) is 11.3 Å². The molecule has 0 radical (unpaired) electrons. The van der Waals surface area contributed by atoms with Crippen molar-refractivity contribution in [2.75, 3.05) is 33.4 Å². The second-order valence-electron chi connectivity index (χ2n) is 6.01. The summed E-state index contributed by atoms with van der Waals surface area (Å²) in [6.45, 7) is 3.98. The van der Waals surface area contributed by atoms with Crippen molar-refractivity contribution >= 4 is 23.5 Å². The molecule has 1 aromatic carbocycles. The molecule has 2 heterocycles. The number of furan rings is 1. The van der Waals surface area contributed by atoms with Gasteiger partial charge < -0.3 is 14.9 Å². The van der Waals surface area contributed by atoms with Gasteiger partial charge in [-0.05, 0) is 42.0 Å². The first kappa shape index (κ1) is 18.5. The highest BCUT2D eigenvalue weighted by molar-refractivity contribution is 7.80. The van der Waals surface area contributed by atoms with Crippen LogP contribution in [0.2, 0.25) is 0 Å². The van der Waals surface area contributed by atoms with E-state index in [1.807, 2.05) is 6.07 Å². The summed E-state index contributed by atoms with van der Waals surface area (Å²) >= 11 is 4.81. The number of thiocarbonyl (C=S) groups is 1. The van der Waals surface area contributed by atoms with Crippen LogP contribution in [0.3, 0.4) is 0 Å². The molecule has 0 aliphatic carbocycles. The molecule has 2 aromatic rings. The standard InChI is InChI=1S/C18H21FN4O2S/c1-22(18(20)26)21-11-14-3-5-17(25-14)15-10-13(2-4-16(15)19)12-23-6-8-24-9-7-23/h2-5,10-11H,6-9,12H2,1H3,(H2,20,26). The largest absolute Gasteiger partial charge is 0.455 e. The Morgan fingerprint density at radius 2 is 2.12 bits per heavy atom. The number of ether oxygens (including phenoxy) is 1. The lowest BCUT2D eigenvalue weighted by Gasteiger charge is -2.26. The molecule has 6 nitrogen and oxygen atoms in total. The first-order valence-electron chi connectivity index (χ1n) is 8.29.